The summed E-state index contributed by atoms with van der Waals surface area (Å²) in [4.78, 5) is 12.3. The van der Waals surface area contributed by atoms with Gasteiger partial charge in [0, 0.05) is 18.3 Å². The first kappa shape index (κ1) is 13.5. The molecule has 1 saturated carbocycles. The number of hydrogen-bond acceptors (Lipinski definition) is 3. The van der Waals surface area contributed by atoms with Crippen LogP contribution in [-0.2, 0) is 0 Å². The molecule has 5 nitrogen and oxygen atoms in total. The molecule has 3 rings (SSSR count). The molecule has 2 aromatic rings. The average molecular weight is 289 g/mol. The summed E-state index contributed by atoms with van der Waals surface area (Å²) in [6.45, 7) is 0. The summed E-state index contributed by atoms with van der Waals surface area (Å²) in [7, 11) is 1.48. The number of nitrogens with zero attached hydrogens (tertiary/aromatic N) is 1. The second-order valence-corrected chi connectivity index (χ2v) is 5.10. The lowest BCUT2D eigenvalue weighted by Gasteiger charge is -2.10. The highest BCUT2D eigenvalue weighted by Crippen LogP contribution is 2.37. The van der Waals surface area contributed by atoms with Gasteiger partial charge in [0.15, 0.2) is 0 Å². The second kappa shape index (κ2) is 5.12. The number of nitrogens with two attached hydrogens (primary N) is 1. The van der Waals surface area contributed by atoms with E-state index in [2.05, 4.69) is 5.32 Å². The third kappa shape index (κ3) is 2.69. The van der Waals surface area contributed by atoms with Crippen LogP contribution in [0.1, 0.15) is 29.4 Å². The van der Waals surface area contributed by atoms with Crippen molar-refractivity contribution in [2.45, 2.75) is 18.9 Å². The van der Waals surface area contributed by atoms with E-state index in [9.17, 15) is 9.18 Å². The van der Waals surface area contributed by atoms with Gasteiger partial charge in [0.1, 0.15) is 17.3 Å². The van der Waals surface area contributed by atoms with E-state index in [1.54, 1.807) is 12.3 Å². The van der Waals surface area contributed by atoms with Crippen LogP contribution in [0.3, 0.4) is 0 Å². The van der Waals surface area contributed by atoms with E-state index in [1.165, 1.54) is 25.3 Å². The molecule has 1 amide bonds. The highest BCUT2D eigenvalue weighted by molar-refractivity contribution is 6.04. The number of methoxy groups -OCH3 is 1. The molecule has 1 heterocycles. The number of aromatic nitrogens is 1. The molecule has 110 valence electrons. The highest BCUT2D eigenvalue weighted by Gasteiger charge is 2.28. The van der Waals surface area contributed by atoms with Crippen LogP contribution in [0.2, 0.25) is 0 Å². The lowest BCUT2D eigenvalue weighted by molar-refractivity contribution is 0.101. The third-order valence-corrected chi connectivity index (χ3v) is 3.46. The number of carbonyl (C=O) groups is 1. The Kier molecular flexibility index (Phi) is 3.29. The summed E-state index contributed by atoms with van der Waals surface area (Å²) < 4.78 is 20.6. The van der Waals surface area contributed by atoms with E-state index in [4.69, 9.17) is 10.5 Å². The number of hydrogen-bond donors (Lipinski definition) is 2. The maximum atomic E-state index is 13.8. The summed E-state index contributed by atoms with van der Waals surface area (Å²) in [5.41, 5.74) is 6.81. The van der Waals surface area contributed by atoms with Crippen LogP contribution in [0.4, 0.5) is 15.8 Å². The molecule has 1 aromatic carbocycles. The van der Waals surface area contributed by atoms with Crippen LogP contribution in [0.25, 0.3) is 0 Å². The Morgan fingerprint density at radius 2 is 2.19 bits per heavy atom. The number of ether oxygens (including phenoxy) is 1. The van der Waals surface area contributed by atoms with Crippen molar-refractivity contribution in [2.75, 3.05) is 18.2 Å². The molecule has 0 unspecified atom stereocenters. The van der Waals surface area contributed by atoms with E-state index in [-0.39, 0.29) is 11.6 Å². The van der Waals surface area contributed by atoms with Crippen molar-refractivity contribution in [1.82, 2.24) is 4.57 Å². The standard InChI is InChI=1S/C15H16FN3O2/c1-21-11-4-5-12(16)13(7-11)18-15(20)14-6-9(17)8-19(14)10-2-3-10/h4-8,10H,2-3,17H2,1H3,(H,18,20). The highest BCUT2D eigenvalue weighted by atomic mass is 19.1. The molecule has 0 spiro atoms. The van der Waals surface area contributed by atoms with Gasteiger partial charge in [-0.3, -0.25) is 4.79 Å². The average Bonchev–Trinajstić information content (AvgIpc) is 3.23. The van der Waals surface area contributed by atoms with Crippen LogP contribution in [-0.4, -0.2) is 17.6 Å². The van der Waals surface area contributed by atoms with E-state index in [0.717, 1.165) is 12.8 Å². The minimum Gasteiger partial charge on any atom is -0.497 e. The molecule has 1 aliphatic rings. The number of carbonyl (C=O) groups excluding carboxylic acids is 1. The quantitative estimate of drug-likeness (QED) is 0.909. The first-order valence-corrected chi connectivity index (χ1v) is 6.70. The number of anilines is 2. The van der Waals surface area contributed by atoms with Crippen LogP contribution < -0.4 is 15.8 Å². The summed E-state index contributed by atoms with van der Waals surface area (Å²) in [6.07, 6.45) is 3.80. The number of benzene rings is 1. The van der Waals surface area contributed by atoms with Gasteiger partial charge in [0.2, 0.25) is 0 Å². The zero-order valence-corrected chi connectivity index (χ0v) is 11.6. The van der Waals surface area contributed by atoms with Gasteiger partial charge in [0.25, 0.3) is 5.91 Å². The molecule has 0 radical (unpaired) electrons. The molecule has 1 aliphatic carbocycles. The fourth-order valence-corrected chi connectivity index (χ4v) is 2.25. The molecule has 1 fully saturated rings. The maximum Gasteiger partial charge on any atom is 0.272 e. The monoisotopic (exact) mass is 289 g/mol. The van der Waals surface area contributed by atoms with Crippen LogP contribution in [0, 0.1) is 5.82 Å². The van der Waals surface area contributed by atoms with Crippen molar-refractivity contribution in [3.8, 4) is 5.75 Å². The molecule has 0 saturated heterocycles. The van der Waals surface area contributed by atoms with E-state index >= 15 is 0 Å². The predicted octanol–water partition coefficient (Wildman–Crippen LogP) is 2.81. The van der Waals surface area contributed by atoms with Crippen molar-refractivity contribution < 1.29 is 13.9 Å². The molecule has 0 atom stereocenters. The van der Waals surface area contributed by atoms with Crippen LogP contribution in [0.5, 0.6) is 5.75 Å². The Morgan fingerprint density at radius 1 is 1.43 bits per heavy atom. The molecule has 0 bridgehead atoms. The summed E-state index contributed by atoms with van der Waals surface area (Å²) in [5, 5.41) is 2.57. The number of amides is 1. The first-order chi connectivity index (χ1) is 10.1. The summed E-state index contributed by atoms with van der Waals surface area (Å²) >= 11 is 0. The smallest absolute Gasteiger partial charge is 0.272 e. The fraction of sp³-hybridized carbons (Fsp3) is 0.267. The van der Waals surface area contributed by atoms with E-state index in [0.29, 0.717) is 23.2 Å². The van der Waals surface area contributed by atoms with Crippen molar-refractivity contribution in [3.05, 3.63) is 42.0 Å². The Morgan fingerprint density at radius 3 is 2.86 bits per heavy atom. The third-order valence-electron chi connectivity index (χ3n) is 3.46. The van der Waals surface area contributed by atoms with Crippen LogP contribution in [0.15, 0.2) is 30.5 Å². The Bertz CT molecular complexity index is 692. The summed E-state index contributed by atoms with van der Waals surface area (Å²) in [6, 6.07) is 6.11. The van der Waals surface area contributed by atoms with Crippen molar-refractivity contribution >= 4 is 17.3 Å². The molecule has 21 heavy (non-hydrogen) atoms. The first-order valence-electron chi connectivity index (χ1n) is 6.70. The van der Waals surface area contributed by atoms with Gasteiger partial charge in [-0.1, -0.05) is 0 Å². The van der Waals surface area contributed by atoms with Gasteiger partial charge in [-0.25, -0.2) is 4.39 Å². The van der Waals surface area contributed by atoms with Gasteiger partial charge in [-0.05, 0) is 31.0 Å². The normalized spacial score (nSPS) is 14.0. The largest absolute Gasteiger partial charge is 0.497 e. The van der Waals surface area contributed by atoms with Crippen LogP contribution >= 0.6 is 0 Å². The zero-order chi connectivity index (χ0) is 15.0. The van der Waals surface area contributed by atoms with Crippen molar-refractivity contribution in [3.63, 3.8) is 0 Å². The van der Waals surface area contributed by atoms with Crippen molar-refractivity contribution in [1.29, 1.82) is 0 Å². The summed E-state index contributed by atoms with van der Waals surface area (Å²) in [5.74, 6) is -0.420. The predicted molar refractivity (Wildman–Crippen MR) is 78.0 cm³/mol. The fourth-order valence-electron chi connectivity index (χ4n) is 2.25. The number of nitrogen functional groups attached to an aromatic ring is 1. The second-order valence-electron chi connectivity index (χ2n) is 5.10. The molecule has 3 N–H and O–H groups in total. The van der Waals surface area contributed by atoms with E-state index < -0.39 is 5.82 Å². The SMILES string of the molecule is COc1ccc(F)c(NC(=O)c2cc(N)cn2C2CC2)c1. The molecule has 1 aromatic heterocycles. The van der Waals surface area contributed by atoms with Crippen molar-refractivity contribution in [2.24, 2.45) is 0 Å². The lowest BCUT2D eigenvalue weighted by Crippen LogP contribution is -2.17. The van der Waals surface area contributed by atoms with Gasteiger partial charge in [0.05, 0.1) is 18.5 Å². The number of rotatable bonds is 4. The molecular formula is C15H16FN3O2. The van der Waals surface area contributed by atoms with Gasteiger partial charge < -0.3 is 20.4 Å². The van der Waals surface area contributed by atoms with Gasteiger partial charge >= 0.3 is 0 Å². The molecule has 0 aliphatic heterocycles. The number of nitrogens with one attached hydrogen (secondary N) is 1. The zero-order valence-electron chi connectivity index (χ0n) is 11.6. The Labute approximate surface area is 121 Å². The topological polar surface area (TPSA) is 69.3 Å². The molecular weight excluding hydrogens is 273 g/mol. The lowest BCUT2D eigenvalue weighted by atomic mass is 10.2. The Balaban J connectivity index is 1.86. The molecule has 6 heteroatoms. The maximum absolute atomic E-state index is 13.8. The van der Waals surface area contributed by atoms with E-state index in [1.807, 2.05) is 4.57 Å². The minimum atomic E-state index is -0.512. The number of halogens is 1. The minimum absolute atomic E-state index is 0.0847. The van der Waals surface area contributed by atoms with Gasteiger partial charge in [-0.15, -0.1) is 0 Å². The Hall–Kier alpha value is -2.50. The van der Waals surface area contributed by atoms with Gasteiger partial charge in [-0.2, -0.15) is 0 Å².